The largest absolute Gasteiger partial charge is 0.271 e. The van der Waals surface area contributed by atoms with Gasteiger partial charge in [-0.3, -0.25) is 16.3 Å². The molecule has 106 valence electrons. The van der Waals surface area contributed by atoms with Crippen molar-refractivity contribution in [3.63, 3.8) is 0 Å². The summed E-state index contributed by atoms with van der Waals surface area (Å²) in [6.45, 7) is 2.00. The van der Waals surface area contributed by atoms with Crippen molar-refractivity contribution in [1.29, 1.82) is 0 Å². The third-order valence-electron chi connectivity index (χ3n) is 3.37. The lowest BCUT2D eigenvalue weighted by Crippen LogP contribution is -2.31. The normalized spacial score (nSPS) is 12.4. The second-order valence-corrected chi connectivity index (χ2v) is 4.55. The molecule has 0 radical (unpaired) electrons. The molecule has 0 spiro atoms. The van der Waals surface area contributed by atoms with E-state index in [1.54, 1.807) is 12.4 Å². The van der Waals surface area contributed by atoms with Crippen LogP contribution in [0.1, 0.15) is 29.7 Å². The summed E-state index contributed by atoms with van der Waals surface area (Å²) in [7, 11) is 0. The van der Waals surface area contributed by atoms with Gasteiger partial charge in [-0.15, -0.1) is 0 Å². The Kier molecular flexibility index (Phi) is 4.76. The summed E-state index contributed by atoms with van der Waals surface area (Å²) >= 11 is 0. The maximum absolute atomic E-state index is 13.7. The van der Waals surface area contributed by atoms with Crippen LogP contribution in [0.25, 0.3) is 0 Å². The van der Waals surface area contributed by atoms with Gasteiger partial charge in [-0.05, 0) is 42.2 Å². The van der Waals surface area contributed by atoms with Crippen LogP contribution >= 0.6 is 0 Å². The van der Waals surface area contributed by atoms with Gasteiger partial charge in [0.05, 0.1) is 6.04 Å². The molecule has 2 rings (SSSR count). The van der Waals surface area contributed by atoms with E-state index in [4.69, 9.17) is 5.84 Å². The second kappa shape index (κ2) is 6.54. The first kappa shape index (κ1) is 14.6. The quantitative estimate of drug-likeness (QED) is 0.652. The maximum atomic E-state index is 13.7. The molecule has 1 aromatic heterocycles. The molecule has 5 heteroatoms. The van der Waals surface area contributed by atoms with E-state index in [-0.39, 0.29) is 18.0 Å². The van der Waals surface area contributed by atoms with Crippen molar-refractivity contribution in [2.75, 3.05) is 0 Å². The number of nitrogens with two attached hydrogens (primary N) is 1. The first-order valence-corrected chi connectivity index (χ1v) is 6.49. The summed E-state index contributed by atoms with van der Waals surface area (Å²) in [4.78, 5) is 4.06. The van der Waals surface area contributed by atoms with E-state index < -0.39 is 11.6 Å². The third kappa shape index (κ3) is 3.00. The van der Waals surface area contributed by atoms with Crippen LogP contribution < -0.4 is 11.3 Å². The van der Waals surface area contributed by atoms with Crippen molar-refractivity contribution in [1.82, 2.24) is 10.4 Å². The standard InChI is InChI=1S/C15H17F2N3/c1-2-10-9-19-7-6-11(10)15(20-18)8-12-13(16)4-3-5-14(12)17/h3-7,9,15,20H,2,8,18H2,1H3. The fourth-order valence-corrected chi connectivity index (χ4v) is 2.26. The highest BCUT2D eigenvalue weighted by Crippen LogP contribution is 2.24. The zero-order valence-corrected chi connectivity index (χ0v) is 11.2. The minimum absolute atomic E-state index is 0.0364. The molecule has 1 unspecified atom stereocenters. The number of rotatable bonds is 5. The molecule has 0 aliphatic rings. The monoisotopic (exact) mass is 277 g/mol. The molecule has 1 aromatic carbocycles. The molecular weight excluding hydrogens is 260 g/mol. The minimum atomic E-state index is -0.558. The van der Waals surface area contributed by atoms with Gasteiger partial charge >= 0.3 is 0 Å². The summed E-state index contributed by atoms with van der Waals surface area (Å²) < 4.78 is 27.4. The Morgan fingerprint density at radius 1 is 1.25 bits per heavy atom. The zero-order valence-electron chi connectivity index (χ0n) is 11.2. The van der Waals surface area contributed by atoms with Crippen LogP contribution in [0.2, 0.25) is 0 Å². The zero-order chi connectivity index (χ0) is 14.5. The van der Waals surface area contributed by atoms with Crippen LogP contribution in [0.5, 0.6) is 0 Å². The number of hydrogen-bond acceptors (Lipinski definition) is 3. The van der Waals surface area contributed by atoms with Crippen LogP contribution in [0.15, 0.2) is 36.7 Å². The lowest BCUT2D eigenvalue weighted by atomic mass is 9.95. The summed E-state index contributed by atoms with van der Waals surface area (Å²) in [5.41, 5.74) is 4.59. The number of pyridine rings is 1. The van der Waals surface area contributed by atoms with Gasteiger partial charge in [-0.2, -0.15) is 0 Å². The van der Waals surface area contributed by atoms with Crippen molar-refractivity contribution < 1.29 is 8.78 Å². The van der Waals surface area contributed by atoms with Gasteiger partial charge in [0.25, 0.3) is 0 Å². The van der Waals surface area contributed by atoms with Crippen LogP contribution in [0.3, 0.4) is 0 Å². The van der Waals surface area contributed by atoms with Crippen LogP contribution in [0, 0.1) is 11.6 Å². The predicted octanol–water partition coefficient (Wildman–Crippen LogP) is 2.67. The average molecular weight is 277 g/mol. The molecule has 20 heavy (non-hydrogen) atoms. The molecule has 2 aromatic rings. The van der Waals surface area contributed by atoms with E-state index >= 15 is 0 Å². The van der Waals surface area contributed by atoms with Gasteiger partial charge in [-0.25, -0.2) is 8.78 Å². The first-order chi connectivity index (χ1) is 9.67. The molecular formula is C15H17F2N3. The molecule has 1 heterocycles. The van der Waals surface area contributed by atoms with Gasteiger partial charge in [0.2, 0.25) is 0 Å². The SMILES string of the molecule is CCc1cnccc1C(Cc1c(F)cccc1F)NN. The number of hydrogen-bond donors (Lipinski definition) is 2. The van der Waals surface area contributed by atoms with Crippen LogP contribution in [-0.2, 0) is 12.8 Å². The number of nitrogens with zero attached hydrogens (tertiary/aromatic N) is 1. The van der Waals surface area contributed by atoms with E-state index in [2.05, 4.69) is 10.4 Å². The van der Waals surface area contributed by atoms with Crippen LogP contribution in [-0.4, -0.2) is 4.98 Å². The van der Waals surface area contributed by atoms with Crippen LogP contribution in [0.4, 0.5) is 8.78 Å². The highest BCUT2D eigenvalue weighted by atomic mass is 19.1. The van der Waals surface area contributed by atoms with E-state index in [0.717, 1.165) is 17.5 Å². The van der Waals surface area contributed by atoms with E-state index in [0.29, 0.717) is 0 Å². The van der Waals surface area contributed by atoms with Crippen molar-refractivity contribution in [2.45, 2.75) is 25.8 Å². The van der Waals surface area contributed by atoms with E-state index in [1.807, 2.05) is 13.0 Å². The number of aryl methyl sites for hydroxylation is 1. The Labute approximate surface area is 116 Å². The van der Waals surface area contributed by atoms with Gasteiger partial charge in [0, 0.05) is 18.0 Å². The predicted molar refractivity (Wildman–Crippen MR) is 73.7 cm³/mol. The Hall–Kier alpha value is -1.85. The molecule has 0 aliphatic carbocycles. The van der Waals surface area contributed by atoms with Gasteiger partial charge in [0.15, 0.2) is 0 Å². The summed E-state index contributed by atoms with van der Waals surface area (Å²) in [6, 6.07) is 5.31. The fraction of sp³-hybridized carbons (Fsp3) is 0.267. The van der Waals surface area contributed by atoms with Gasteiger partial charge < -0.3 is 0 Å². The molecule has 0 fully saturated rings. The Morgan fingerprint density at radius 2 is 1.95 bits per heavy atom. The molecule has 1 atom stereocenters. The molecule has 3 N–H and O–H groups in total. The third-order valence-corrected chi connectivity index (χ3v) is 3.37. The van der Waals surface area contributed by atoms with Gasteiger partial charge in [-0.1, -0.05) is 13.0 Å². The molecule has 3 nitrogen and oxygen atoms in total. The molecule has 0 amide bonds. The van der Waals surface area contributed by atoms with Crippen molar-refractivity contribution in [3.05, 3.63) is 65.0 Å². The Morgan fingerprint density at radius 3 is 2.55 bits per heavy atom. The maximum Gasteiger partial charge on any atom is 0.129 e. The molecule has 0 bridgehead atoms. The summed E-state index contributed by atoms with van der Waals surface area (Å²) in [5.74, 6) is 4.45. The smallest absolute Gasteiger partial charge is 0.129 e. The number of nitrogens with one attached hydrogen (secondary N) is 1. The molecule has 0 saturated carbocycles. The Bertz CT molecular complexity index is 567. The number of hydrazine groups is 1. The number of aromatic nitrogens is 1. The van der Waals surface area contributed by atoms with E-state index in [9.17, 15) is 8.78 Å². The van der Waals surface area contributed by atoms with Crippen molar-refractivity contribution in [2.24, 2.45) is 5.84 Å². The average Bonchev–Trinajstić information content (AvgIpc) is 2.47. The number of benzene rings is 1. The minimum Gasteiger partial charge on any atom is -0.271 e. The molecule has 0 saturated heterocycles. The Balaban J connectivity index is 2.34. The second-order valence-electron chi connectivity index (χ2n) is 4.55. The lowest BCUT2D eigenvalue weighted by Gasteiger charge is -2.19. The van der Waals surface area contributed by atoms with Gasteiger partial charge in [0.1, 0.15) is 11.6 Å². The van der Waals surface area contributed by atoms with E-state index in [1.165, 1.54) is 18.2 Å². The fourth-order valence-electron chi connectivity index (χ4n) is 2.26. The van der Waals surface area contributed by atoms with Crippen molar-refractivity contribution >= 4 is 0 Å². The topological polar surface area (TPSA) is 50.9 Å². The highest BCUT2D eigenvalue weighted by molar-refractivity contribution is 5.30. The molecule has 0 aliphatic heterocycles. The van der Waals surface area contributed by atoms with Crippen molar-refractivity contribution in [3.8, 4) is 0 Å². The lowest BCUT2D eigenvalue weighted by molar-refractivity contribution is 0.497. The first-order valence-electron chi connectivity index (χ1n) is 6.49. The number of halogens is 2. The highest BCUT2D eigenvalue weighted by Gasteiger charge is 2.18. The summed E-state index contributed by atoms with van der Waals surface area (Å²) in [5, 5.41) is 0. The summed E-state index contributed by atoms with van der Waals surface area (Å²) in [6.07, 6.45) is 4.32.